The molecule has 1 heterocycles. The number of non-ortho nitro benzene ring substituents is 1. The molecule has 0 spiro atoms. The number of nitrogens with one attached hydrogen (secondary N) is 2. The first-order valence-electron chi connectivity index (χ1n) is 8.96. The lowest BCUT2D eigenvalue weighted by Gasteiger charge is -2.11. The summed E-state index contributed by atoms with van der Waals surface area (Å²) in [7, 11) is 0. The van der Waals surface area contributed by atoms with E-state index in [1.165, 1.54) is 30.3 Å². The topological polar surface area (TPSA) is 162 Å². The van der Waals surface area contributed by atoms with Gasteiger partial charge in [0.1, 0.15) is 12.1 Å². The highest BCUT2D eigenvalue weighted by Gasteiger charge is 2.25. The molecule has 2 N–H and O–H groups in total. The maximum Gasteiger partial charge on any atom is 0.374 e. The smallest absolute Gasteiger partial charge is 0.374 e. The maximum atomic E-state index is 12.2. The summed E-state index contributed by atoms with van der Waals surface area (Å²) >= 11 is 5.97. The van der Waals surface area contributed by atoms with E-state index in [0.29, 0.717) is 16.1 Å². The summed E-state index contributed by atoms with van der Waals surface area (Å²) in [4.78, 5) is 40.7. The predicted molar refractivity (Wildman–Crippen MR) is 114 cm³/mol. The lowest BCUT2D eigenvalue weighted by atomic mass is 10.1. The molecule has 0 unspecified atom stereocenters. The van der Waals surface area contributed by atoms with Crippen LogP contribution in [0.4, 0.5) is 17.2 Å². The Bertz CT molecular complexity index is 1190. The van der Waals surface area contributed by atoms with E-state index in [2.05, 4.69) is 20.8 Å². The number of carbonyl (C=O) groups is 1. The zero-order chi connectivity index (χ0) is 23.3. The number of nitrogens with zero attached hydrogens (tertiary/aromatic N) is 4. The molecule has 0 aliphatic carbocycles. The number of amides is 1. The van der Waals surface area contributed by atoms with Gasteiger partial charge in [0.2, 0.25) is 11.7 Å². The molecule has 0 atom stereocenters. The van der Waals surface area contributed by atoms with Gasteiger partial charge in [0.25, 0.3) is 5.69 Å². The number of anilines is 1. The van der Waals surface area contributed by atoms with Crippen molar-refractivity contribution in [2.45, 2.75) is 13.3 Å². The van der Waals surface area contributed by atoms with E-state index in [1.807, 2.05) is 0 Å². The zero-order valence-corrected chi connectivity index (χ0v) is 17.2. The van der Waals surface area contributed by atoms with Crippen LogP contribution in [0.1, 0.15) is 11.1 Å². The van der Waals surface area contributed by atoms with Crippen molar-refractivity contribution in [3.05, 3.63) is 85.2 Å². The largest absolute Gasteiger partial charge is 0.434 e. The number of halogens is 1. The van der Waals surface area contributed by atoms with Crippen molar-refractivity contribution in [2.24, 2.45) is 0 Å². The Labute approximate surface area is 185 Å². The number of aromatic nitrogens is 2. The maximum absolute atomic E-state index is 12.2. The summed E-state index contributed by atoms with van der Waals surface area (Å²) in [5.74, 6) is -0.897. The molecule has 1 aromatic heterocycles. The Morgan fingerprint density at radius 2 is 1.81 bits per heavy atom. The fraction of sp³-hybridized carbons (Fsp3) is 0.105. The minimum absolute atomic E-state index is 0.104. The van der Waals surface area contributed by atoms with Crippen LogP contribution < -0.4 is 15.6 Å². The summed E-state index contributed by atoms with van der Waals surface area (Å²) in [6.07, 6.45) is 0.910. The summed E-state index contributed by atoms with van der Waals surface area (Å²) in [5.41, 5.74) is 5.21. The SMILES string of the molecule is Cc1cc(Oc2ncnc(NNC(=O)Cc3ccc([N+](=O)[O-])cc3)c2[N+](=O)[O-])ccc1Cl. The number of hydrazine groups is 1. The van der Waals surface area contributed by atoms with Crippen LogP contribution in [0, 0.1) is 27.2 Å². The average molecular weight is 459 g/mol. The van der Waals surface area contributed by atoms with Gasteiger partial charge in [0.15, 0.2) is 0 Å². The highest BCUT2D eigenvalue weighted by molar-refractivity contribution is 6.31. The first-order chi connectivity index (χ1) is 15.2. The molecule has 0 radical (unpaired) electrons. The van der Waals surface area contributed by atoms with Gasteiger partial charge in [0.05, 0.1) is 16.3 Å². The fourth-order valence-electron chi connectivity index (χ4n) is 2.58. The minimum Gasteiger partial charge on any atom is -0.434 e. The van der Waals surface area contributed by atoms with Crippen molar-refractivity contribution in [3.8, 4) is 11.6 Å². The number of rotatable bonds is 8. The third-order valence-corrected chi connectivity index (χ3v) is 4.57. The van der Waals surface area contributed by atoms with Gasteiger partial charge in [-0.2, -0.15) is 4.98 Å². The minimum atomic E-state index is -0.747. The van der Waals surface area contributed by atoms with Crippen LogP contribution in [0.25, 0.3) is 0 Å². The zero-order valence-electron chi connectivity index (χ0n) is 16.4. The molecule has 0 fully saturated rings. The van der Waals surface area contributed by atoms with Crippen LogP contribution in [0.2, 0.25) is 5.02 Å². The average Bonchev–Trinajstić information content (AvgIpc) is 2.75. The van der Waals surface area contributed by atoms with Gasteiger partial charge in [-0.1, -0.05) is 23.7 Å². The van der Waals surface area contributed by atoms with Gasteiger partial charge >= 0.3 is 11.6 Å². The molecule has 12 nitrogen and oxygen atoms in total. The van der Waals surface area contributed by atoms with Crippen LogP contribution in [0.15, 0.2) is 48.8 Å². The van der Waals surface area contributed by atoms with E-state index in [1.54, 1.807) is 19.1 Å². The molecular formula is C19H15ClN6O6. The molecule has 0 bridgehead atoms. The van der Waals surface area contributed by atoms with E-state index in [-0.39, 0.29) is 29.6 Å². The van der Waals surface area contributed by atoms with Crippen molar-refractivity contribution in [1.82, 2.24) is 15.4 Å². The van der Waals surface area contributed by atoms with Crippen molar-refractivity contribution in [2.75, 3.05) is 5.43 Å². The standard InChI is InChI=1S/C19H15ClN6O6/c1-11-8-14(6-7-15(11)20)32-19-17(26(30)31)18(21-10-22-19)24-23-16(27)9-12-2-4-13(5-3-12)25(28)29/h2-8,10H,9H2,1H3,(H,23,27)(H,21,22,24). The second-order valence-electron chi connectivity index (χ2n) is 6.42. The van der Waals surface area contributed by atoms with Crippen molar-refractivity contribution in [3.63, 3.8) is 0 Å². The second-order valence-corrected chi connectivity index (χ2v) is 6.83. The lowest BCUT2D eigenvalue weighted by Crippen LogP contribution is -2.31. The van der Waals surface area contributed by atoms with E-state index in [9.17, 15) is 25.0 Å². The molecule has 13 heteroatoms. The summed E-state index contributed by atoms with van der Waals surface area (Å²) in [6, 6.07) is 10.1. The molecule has 0 aliphatic rings. The monoisotopic (exact) mass is 458 g/mol. The Kier molecular flexibility index (Phi) is 6.75. The van der Waals surface area contributed by atoms with E-state index in [4.69, 9.17) is 16.3 Å². The molecule has 0 aliphatic heterocycles. The number of nitro benzene ring substituents is 1. The third kappa shape index (κ3) is 5.43. The number of ether oxygens (including phenoxy) is 1. The quantitative estimate of drug-likeness (QED) is 0.378. The predicted octanol–water partition coefficient (Wildman–Crippen LogP) is 3.73. The van der Waals surface area contributed by atoms with Crippen LogP contribution in [-0.2, 0) is 11.2 Å². The highest BCUT2D eigenvalue weighted by atomic mass is 35.5. The molecule has 2 aromatic carbocycles. The van der Waals surface area contributed by atoms with Crippen molar-refractivity contribution < 1.29 is 19.4 Å². The summed E-state index contributed by atoms with van der Waals surface area (Å²) in [6.45, 7) is 1.75. The van der Waals surface area contributed by atoms with Crippen LogP contribution in [0.5, 0.6) is 11.6 Å². The third-order valence-electron chi connectivity index (χ3n) is 4.15. The van der Waals surface area contributed by atoms with Crippen LogP contribution in [-0.4, -0.2) is 25.7 Å². The number of carbonyl (C=O) groups excluding carboxylic acids is 1. The van der Waals surface area contributed by atoms with Gasteiger partial charge in [-0.15, -0.1) is 0 Å². The molecule has 164 valence electrons. The van der Waals surface area contributed by atoms with Crippen molar-refractivity contribution >= 4 is 34.7 Å². The Morgan fingerprint density at radius 3 is 2.44 bits per heavy atom. The molecule has 0 saturated carbocycles. The van der Waals surface area contributed by atoms with Gasteiger partial charge in [-0.05, 0) is 36.2 Å². The second kappa shape index (κ2) is 9.66. The van der Waals surface area contributed by atoms with Crippen LogP contribution in [0.3, 0.4) is 0 Å². The Hall–Kier alpha value is -4.32. The molecule has 32 heavy (non-hydrogen) atoms. The molecule has 0 saturated heterocycles. The molecule has 3 aromatic rings. The normalized spacial score (nSPS) is 10.3. The first-order valence-corrected chi connectivity index (χ1v) is 9.34. The van der Waals surface area contributed by atoms with Gasteiger partial charge in [0, 0.05) is 17.2 Å². The van der Waals surface area contributed by atoms with E-state index in [0.717, 1.165) is 6.33 Å². The van der Waals surface area contributed by atoms with Gasteiger partial charge in [-0.3, -0.25) is 35.9 Å². The number of aryl methyl sites for hydroxylation is 1. The lowest BCUT2D eigenvalue weighted by molar-refractivity contribution is -0.385. The fourth-order valence-corrected chi connectivity index (χ4v) is 2.70. The van der Waals surface area contributed by atoms with Crippen LogP contribution >= 0.6 is 11.6 Å². The molecular weight excluding hydrogens is 444 g/mol. The van der Waals surface area contributed by atoms with E-state index < -0.39 is 21.4 Å². The van der Waals surface area contributed by atoms with Gasteiger partial charge < -0.3 is 4.74 Å². The first kappa shape index (κ1) is 22.4. The number of hydrogen-bond acceptors (Lipinski definition) is 9. The number of hydrogen-bond donors (Lipinski definition) is 2. The highest BCUT2D eigenvalue weighted by Crippen LogP contribution is 2.34. The number of nitro groups is 2. The Morgan fingerprint density at radius 1 is 1.09 bits per heavy atom. The summed E-state index contributed by atoms with van der Waals surface area (Å²) in [5, 5.41) is 22.8. The van der Waals surface area contributed by atoms with Gasteiger partial charge in [-0.25, -0.2) is 4.98 Å². The summed E-state index contributed by atoms with van der Waals surface area (Å²) < 4.78 is 5.52. The molecule has 3 rings (SSSR count). The van der Waals surface area contributed by atoms with E-state index >= 15 is 0 Å². The number of benzene rings is 2. The molecule has 1 amide bonds. The van der Waals surface area contributed by atoms with Crippen molar-refractivity contribution in [1.29, 1.82) is 0 Å². The Balaban J connectivity index is 1.72.